The second-order valence-electron chi connectivity index (χ2n) is 4.06. The Morgan fingerprint density at radius 3 is 2.84 bits per heavy atom. The molecule has 0 unspecified atom stereocenters. The Morgan fingerprint density at radius 1 is 1.47 bits per heavy atom. The fourth-order valence-electron chi connectivity index (χ4n) is 1.89. The maximum Gasteiger partial charge on any atom is 0.242 e. The number of carbonyl (C=O) groups excluding carboxylic acids is 1. The number of sulfone groups is 1. The van der Waals surface area contributed by atoms with Crippen molar-refractivity contribution < 1.29 is 17.9 Å². The van der Waals surface area contributed by atoms with Crippen molar-refractivity contribution >= 4 is 33.0 Å². The van der Waals surface area contributed by atoms with E-state index in [0.717, 1.165) is 0 Å². The number of fused-ring (bicyclic) bond motifs is 1. The van der Waals surface area contributed by atoms with Gasteiger partial charge in [-0.15, -0.1) is 11.6 Å². The number of nitrogens with zero attached hydrogens (tertiary/aromatic N) is 1. The molecule has 7 heteroatoms. The first-order valence-corrected chi connectivity index (χ1v) is 8.04. The molecule has 19 heavy (non-hydrogen) atoms. The molecule has 1 heterocycles. The van der Waals surface area contributed by atoms with Crippen molar-refractivity contribution in [1.82, 2.24) is 0 Å². The largest absolute Gasteiger partial charge is 0.490 e. The van der Waals surface area contributed by atoms with Gasteiger partial charge < -0.3 is 9.64 Å². The zero-order valence-corrected chi connectivity index (χ0v) is 12.0. The van der Waals surface area contributed by atoms with Crippen LogP contribution in [0.1, 0.15) is 6.92 Å². The molecule has 0 radical (unpaired) electrons. The Hall–Kier alpha value is -1.27. The van der Waals surface area contributed by atoms with Crippen molar-refractivity contribution in [2.45, 2.75) is 11.8 Å². The van der Waals surface area contributed by atoms with Crippen molar-refractivity contribution in [3.05, 3.63) is 18.2 Å². The standard InChI is InChI=1S/C12H14ClNO4S/c1-2-19(16,17)9-3-4-11-10(7-9)14(5-6-18-11)12(15)8-13/h3-4,7H,2,5-6,8H2,1H3. The molecule has 2 rings (SSSR count). The quantitative estimate of drug-likeness (QED) is 0.793. The molecular formula is C12H14ClNO4S. The molecule has 0 fully saturated rings. The van der Waals surface area contributed by atoms with Crippen LogP contribution in [0.2, 0.25) is 0 Å². The number of halogens is 1. The van der Waals surface area contributed by atoms with Crippen LogP contribution in [0.5, 0.6) is 5.75 Å². The van der Waals surface area contributed by atoms with E-state index in [-0.39, 0.29) is 22.4 Å². The van der Waals surface area contributed by atoms with Crippen LogP contribution in [-0.2, 0) is 14.6 Å². The molecule has 0 saturated carbocycles. The van der Waals surface area contributed by atoms with E-state index in [1.54, 1.807) is 13.0 Å². The van der Waals surface area contributed by atoms with Gasteiger partial charge in [-0.05, 0) is 18.2 Å². The van der Waals surface area contributed by atoms with Gasteiger partial charge in [-0.2, -0.15) is 0 Å². The fraction of sp³-hybridized carbons (Fsp3) is 0.417. The van der Waals surface area contributed by atoms with Gasteiger partial charge in [-0.25, -0.2) is 8.42 Å². The van der Waals surface area contributed by atoms with Crippen LogP contribution in [0.25, 0.3) is 0 Å². The van der Waals surface area contributed by atoms with E-state index in [4.69, 9.17) is 16.3 Å². The molecule has 1 amide bonds. The predicted octanol–water partition coefficient (Wildman–Crippen LogP) is 1.44. The van der Waals surface area contributed by atoms with E-state index in [1.807, 2.05) is 0 Å². The molecule has 0 bridgehead atoms. The number of amides is 1. The summed E-state index contributed by atoms with van der Waals surface area (Å²) in [7, 11) is -3.31. The second kappa shape index (κ2) is 5.38. The van der Waals surface area contributed by atoms with E-state index in [2.05, 4.69) is 0 Å². The summed E-state index contributed by atoms with van der Waals surface area (Å²) in [6.07, 6.45) is 0. The minimum atomic E-state index is -3.31. The van der Waals surface area contributed by atoms with Gasteiger partial charge in [0.05, 0.1) is 22.9 Å². The van der Waals surface area contributed by atoms with Gasteiger partial charge in [-0.1, -0.05) is 6.92 Å². The van der Waals surface area contributed by atoms with Crippen LogP contribution in [0.4, 0.5) is 5.69 Å². The van der Waals surface area contributed by atoms with E-state index < -0.39 is 9.84 Å². The van der Waals surface area contributed by atoms with Crippen LogP contribution in [0, 0.1) is 0 Å². The fourth-order valence-corrected chi connectivity index (χ4v) is 2.93. The Kier molecular flexibility index (Phi) is 4.01. The molecular weight excluding hydrogens is 290 g/mol. The first-order valence-electron chi connectivity index (χ1n) is 5.85. The zero-order valence-electron chi connectivity index (χ0n) is 10.4. The lowest BCUT2D eigenvalue weighted by atomic mass is 10.2. The summed E-state index contributed by atoms with van der Waals surface area (Å²) in [5.41, 5.74) is 0.464. The maximum atomic E-state index is 11.9. The second-order valence-corrected chi connectivity index (χ2v) is 6.61. The minimum absolute atomic E-state index is 0.0100. The number of hydrogen-bond acceptors (Lipinski definition) is 4. The molecule has 0 atom stereocenters. The van der Waals surface area contributed by atoms with E-state index in [0.29, 0.717) is 24.6 Å². The Bertz CT molecular complexity index is 600. The molecule has 0 aliphatic carbocycles. The van der Waals surface area contributed by atoms with Crippen molar-refractivity contribution in [2.75, 3.05) is 29.7 Å². The Balaban J connectivity index is 2.50. The highest BCUT2D eigenvalue weighted by atomic mass is 35.5. The first kappa shape index (κ1) is 14.1. The highest BCUT2D eigenvalue weighted by molar-refractivity contribution is 7.91. The predicted molar refractivity (Wildman–Crippen MR) is 72.7 cm³/mol. The molecule has 0 N–H and O–H groups in total. The summed E-state index contributed by atoms with van der Waals surface area (Å²) in [4.78, 5) is 13.4. The Morgan fingerprint density at radius 2 is 2.21 bits per heavy atom. The highest BCUT2D eigenvalue weighted by Gasteiger charge is 2.25. The van der Waals surface area contributed by atoms with Crippen molar-refractivity contribution in [1.29, 1.82) is 0 Å². The van der Waals surface area contributed by atoms with Crippen LogP contribution < -0.4 is 9.64 Å². The van der Waals surface area contributed by atoms with Crippen LogP contribution >= 0.6 is 11.6 Å². The number of rotatable bonds is 3. The summed E-state index contributed by atoms with van der Waals surface area (Å²) < 4.78 is 29.1. The lowest BCUT2D eigenvalue weighted by Gasteiger charge is -2.29. The number of alkyl halides is 1. The molecule has 0 aromatic heterocycles. The van der Waals surface area contributed by atoms with E-state index in [9.17, 15) is 13.2 Å². The van der Waals surface area contributed by atoms with Gasteiger partial charge >= 0.3 is 0 Å². The molecule has 1 aromatic carbocycles. The summed E-state index contributed by atoms with van der Waals surface area (Å²) in [6, 6.07) is 4.54. The van der Waals surface area contributed by atoms with E-state index >= 15 is 0 Å². The van der Waals surface area contributed by atoms with Crippen LogP contribution in [-0.4, -0.2) is 39.1 Å². The van der Waals surface area contributed by atoms with Crippen molar-refractivity contribution in [3.63, 3.8) is 0 Å². The number of hydrogen-bond donors (Lipinski definition) is 0. The van der Waals surface area contributed by atoms with E-state index in [1.165, 1.54) is 17.0 Å². The Labute approximate surface area is 117 Å². The third kappa shape index (κ3) is 2.69. The number of anilines is 1. The summed E-state index contributed by atoms with van der Waals surface area (Å²) >= 11 is 5.56. The SMILES string of the molecule is CCS(=O)(=O)c1ccc2c(c1)N(C(=O)CCl)CCO2. The van der Waals surface area contributed by atoms with Crippen LogP contribution in [0.3, 0.4) is 0 Å². The summed E-state index contributed by atoms with van der Waals surface area (Å²) in [5, 5.41) is 0. The van der Waals surface area contributed by atoms with Crippen LogP contribution in [0.15, 0.2) is 23.1 Å². The molecule has 1 aromatic rings. The molecule has 1 aliphatic heterocycles. The van der Waals surface area contributed by atoms with Gasteiger partial charge in [-0.3, -0.25) is 4.79 Å². The number of carbonyl (C=O) groups is 1. The normalized spacial score (nSPS) is 14.7. The van der Waals surface area contributed by atoms with Gasteiger partial charge in [0.25, 0.3) is 0 Å². The third-order valence-corrected chi connectivity index (χ3v) is 4.91. The smallest absolute Gasteiger partial charge is 0.242 e. The van der Waals surface area contributed by atoms with Gasteiger partial charge in [0.15, 0.2) is 9.84 Å². The molecule has 5 nitrogen and oxygen atoms in total. The highest BCUT2D eigenvalue weighted by Crippen LogP contribution is 2.34. The minimum Gasteiger partial charge on any atom is -0.490 e. The van der Waals surface area contributed by atoms with Crippen molar-refractivity contribution in [3.8, 4) is 5.75 Å². The molecule has 0 saturated heterocycles. The summed E-state index contributed by atoms with van der Waals surface area (Å²) in [6.45, 7) is 2.32. The monoisotopic (exact) mass is 303 g/mol. The number of benzene rings is 1. The molecule has 1 aliphatic rings. The average molecular weight is 304 g/mol. The van der Waals surface area contributed by atoms with Crippen molar-refractivity contribution in [2.24, 2.45) is 0 Å². The molecule has 104 valence electrons. The lowest BCUT2D eigenvalue weighted by molar-refractivity contribution is -0.116. The van der Waals surface area contributed by atoms with Gasteiger partial charge in [0.1, 0.15) is 18.2 Å². The number of ether oxygens (including phenoxy) is 1. The topological polar surface area (TPSA) is 63.7 Å². The summed E-state index contributed by atoms with van der Waals surface area (Å²) in [5.74, 6) is 0.0948. The lowest BCUT2D eigenvalue weighted by Crippen LogP contribution is -2.38. The first-order chi connectivity index (χ1) is 8.99. The van der Waals surface area contributed by atoms with Gasteiger partial charge in [0, 0.05) is 0 Å². The third-order valence-electron chi connectivity index (χ3n) is 2.95. The zero-order chi connectivity index (χ0) is 14.0. The van der Waals surface area contributed by atoms with Gasteiger partial charge in [0.2, 0.25) is 5.91 Å². The maximum absolute atomic E-state index is 11.9. The molecule has 0 spiro atoms. The average Bonchev–Trinajstić information content (AvgIpc) is 2.45.